The molecule has 1 aromatic carbocycles. The van der Waals surface area contributed by atoms with Gasteiger partial charge in [-0.25, -0.2) is 0 Å². The van der Waals surface area contributed by atoms with E-state index < -0.39 is 0 Å². The summed E-state index contributed by atoms with van der Waals surface area (Å²) in [7, 11) is 0. The van der Waals surface area contributed by atoms with Gasteiger partial charge in [-0.3, -0.25) is 9.48 Å². The smallest absolute Gasteiger partial charge is 0.251 e. The molecule has 0 atom stereocenters. The number of nitrogens with one attached hydrogen (secondary N) is 1. The fourth-order valence-electron chi connectivity index (χ4n) is 1.94. The summed E-state index contributed by atoms with van der Waals surface area (Å²) in [6.45, 7) is 2.82. The molecule has 0 aliphatic heterocycles. The van der Waals surface area contributed by atoms with Crippen molar-refractivity contribution in [2.24, 2.45) is 0 Å². The largest absolute Gasteiger partial charge is 0.352 e. The number of rotatable bonds is 5. The van der Waals surface area contributed by atoms with Crippen LogP contribution in [0.25, 0.3) is 0 Å². The highest BCUT2D eigenvalue weighted by atomic mass is 35.5. The number of carbonyl (C=O) groups is 1. The Labute approximate surface area is 138 Å². The minimum Gasteiger partial charge on any atom is -0.352 e. The lowest BCUT2D eigenvalue weighted by Gasteiger charge is -2.06. The number of carbonyl (C=O) groups excluding carboxylic acids is 1. The van der Waals surface area contributed by atoms with Gasteiger partial charge in [-0.05, 0) is 31.5 Å². The van der Waals surface area contributed by atoms with Crippen molar-refractivity contribution in [1.82, 2.24) is 15.1 Å². The predicted octanol–water partition coefficient (Wildman–Crippen LogP) is 3.19. The number of amides is 1. The van der Waals surface area contributed by atoms with Crippen LogP contribution in [0.4, 0.5) is 0 Å². The Bertz CT molecular complexity index is 734. The second-order valence-electron chi connectivity index (χ2n) is 4.72. The molecule has 7 heteroatoms. The van der Waals surface area contributed by atoms with E-state index in [0.717, 1.165) is 0 Å². The lowest BCUT2D eigenvalue weighted by molar-refractivity contribution is 0.0952. The maximum atomic E-state index is 12.0. The molecule has 0 unspecified atom stereocenters. The molecule has 0 radical (unpaired) electrons. The molecule has 114 valence electrons. The summed E-state index contributed by atoms with van der Waals surface area (Å²) in [5.41, 5.74) is 1.61. The zero-order valence-electron chi connectivity index (χ0n) is 11.9. The summed E-state index contributed by atoms with van der Waals surface area (Å²) < 4.78 is 1.61. The second kappa shape index (κ2) is 7.30. The van der Waals surface area contributed by atoms with Crippen LogP contribution < -0.4 is 5.32 Å². The zero-order chi connectivity index (χ0) is 16.1. The molecule has 0 bridgehead atoms. The molecule has 0 aliphatic carbocycles. The molecule has 0 fully saturated rings. The molecule has 0 spiro atoms. The van der Waals surface area contributed by atoms with E-state index in [0.29, 0.717) is 46.5 Å². The Hall–Kier alpha value is -2.03. The van der Waals surface area contributed by atoms with Crippen LogP contribution in [0.15, 0.2) is 24.3 Å². The number of nitriles is 1. The van der Waals surface area contributed by atoms with Crippen molar-refractivity contribution in [3.63, 3.8) is 0 Å². The molecule has 0 saturated carbocycles. The van der Waals surface area contributed by atoms with Crippen molar-refractivity contribution in [3.8, 4) is 6.07 Å². The predicted molar refractivity (Wildman–Crippen MR) is 85.1 cm³/mol. The molecule has 1 heterocycles. The Morgan fingerprint density at radius 2 is 2.23 bits per heavy atom. The van der Waals surface area contributed by atoms with Crippen molar-refractivity contribution >= 4 is 29.1 Å². The Kier molecular flexibility index (Phi) is 5.42. The van der Waals surface area contributed by atoms with Crippen LogP contribution in [-0.2, 0) is 6.54 Å². The van der Waals surface area contributed by atoms with Crippen molar-refractivity contribution in [2.45, 2.75) is 19.9 Å². The monoisotopic (exact) mass is 336 g/mol. The number of aromatic nitrogens is 2. The molecular weight excluding hydrogens is 323 g/mol. The number of nitrogens with zero attached hydrogens (tertiary/aromatic N) is 3. The van der Waals surface area contributed by atoms with Gasteiger partial charge in [0.15, 0.2) is 0 Å². The van der Waals surface area contributed by atoms with E-state index in [9.17, 15) is 4.79 Å². The molecule has 5 nitrogen and oxygen atoms in total. The molecule has 1 N–H and O–H groups in total. The highest BCUT2D eigenvalue weighted by Crippen LogP contribution is 2.24. The molecule has 0 aliphatic rings. The van der Waals surface area contributed by atoms with Crippen molar-refractivity contribution in [2.75, 3.05) is 6.54 Å². The van der Waals surface area contributed by atoms with Gasteiger partial charge >= 0.3 is 0 Å². The van der Waals surface area contributed by atoms with Crippen LogP contribution in [0.1, 0.15) is 28.0 Å². The molecular formula is C15H14Cl2N4O. The average molecular weight is 337 g/mol. The van der Waals surface area contributed by atoms with E-state index in [-0.39, 0.29) is 5.91 Å². The van der Waals surface area contributed by atoms with Gasteiger partial charge in [0.05, 0.1) is 17.3 Å². The first-order valence-electron chi connectivity index (χ1n) is 6.69. The minimum absolute atomic E-state index is 0.210. The first-order chi connectivity index (χ1) is 10.5. The van der Waals surface area contributed by atoms with Gasteiger partial charge in [-0.15, -0.1) is 0 Å². The number of halogens is 2. The zero-order valence-corrected chi connectivity index (χ0v) is 13.4. The SMILES string of the molecule is Cc1nn(CCCNC(=O)c2cccc(C#N)c2)c(Cl)c1Cl. The first kappa shape index (κ1) is 16.3. The third kappa shape index (κ3) is 3.79. The average Bonchev–Trinajstić information content (AvgIpc) is 2.78. The Morgan fingerprint density at radius 1 is 1.45 bits per heavy atom. The quantitative estimate of drug-likeness (QED) is 0.852. The number of hydrogen-bond acceptors (Lipinski definition) is 3. The number of hydrogen-bond donors (Lipinski definition) is 1. The Morgan fingerprint density at radius 3 is 2.86 bits per heavy atom. The maximum absolute atomic E-state index is 12.0. The van der Waals surface area contributed by atoms with Crippen molar-refractivity contribution < 1.29 is 4.79 Å². The van der Waals surface area contributed by atoms with E-state index in [1.165, 1.54) is 0 Å². The summed E-state index contributed by atoms with van der Waals surface area (Å²) in [4.78, 5) is 12.0. The van der Waals surface area contributed by atoms with Crippen LogP contribution in [0.3, 0.4) is 0 Å². The number of aryl methyl sites for hydroxylation is 2. The van der Waals surface area contributed by atoms with E-state index in [1.54, 1.807) is 35.9 Å². The summed E-state index contributed by atoms with van der Waals surface area (Å²) in [5.74, 6) is -0.210. The second-order valence-corrected chi connectivity index (χ2v) is 5.45. The normalized spacial score (nSPS) is 10.3. The van der Waals surface area contributed by atoms with Gasteiger partial charge in [0.2, 0.25) is 0 Å². The molecule has 2 aromatic rings. The molecule has 22 heavy (non-hydrogen) atoms. The summed E-state index contributed by atoms with van der Waals surface area (Å²) in [6, 6.07) is 8.57. The van der Waals surface area contributed by atoms with Gasteiger partial charge in [-0.2, -0.15) is 10.4 Å². The molecule has 1 amide bonds. The van der Waals surface area contributed by atoms with E-state index >= 15 is 0 Å². The van der Waals surface area contributed by atoms with Crippen LogP contribution in [0.5, 0.6) is 0 Å². The van der Waals surface area contributed by atoms with Crippen molar-refractivity contribution in [1.29, 1.82) is 5.26 Å². The minimum atomic E-state index is -0.210. The molecule has 2 rings (SSSR count). The highest BCUT2D eigenvalue weighted by Gasteiger charge is 2.11. The summed E-state index contributed by atoms with van der Waals surface area (Å²) in [6.07, 6.45) is 0.668. The fraction of sp³-hybridized carbons (Fsp3) is 0.267. The summed E-state index contributed by atoms with van der Waals surface area (Å²) >= 11 is 12.0. The first-order valence-corrected chi connectivity index (χ1v) is 7.45. The maximum Gasteiger partial charge on any atom is 0.251 e. The van der Waals surface area contributed by atoms with Crippen LogP contribution >= 0.6 is 23.2 Å². The van der Waals surface area contributed by atoms with Gasteiger partial charge < -0.3 is 5.32 Å². The van der Waals surface area contributed by atoms with Crippen LogP contribution in [-0.4, -0.2) is 22.2 Å². The highest BCUT2D eigenvalue weighted by molar-refractivity contribution is 6.41. The van der Waals surface area contributed by atoms with Gasteiger partial charge in [0, 0.05) is 18.7 Å². The van der Waals surface area contributed by atoms with E-state index in [4.69, 9.17) is 28.5 Å². The summed E-state index contributed by atoms with van der Waals surface area (Å²) in [5, 5.41) is 16.7. The Balaban J connectivity index is 1.84. The fourth-order valence-corrected chi connectivity index (χ4v) is 2.34. The van der Waals surface area contributed by atoms with Gasteiger partial charge in [0.25, 0.3) is 5.91 Å². The standard InChI is InChI=1S/C15H14Cl2N4O/c1-10-13(16)14(17)21(20-10)7-3-6-19-15(22)12-5-2-4-11(8-12)9-18/h2,4-5,8H,3,6-7H2,1H3,(H,19,22). The third-order valence-corrected chi connectivity index (χ3v) is 4.02. The number of benzene rings is 1. The van der Waals surface area contributed by atoms with Crippen LogP contribution in [0, 0.1) is 18.3 Å². The van der Waals surface area contributed by atoms with E-state index in [1.807, 2.05) is 6.07 Å². The topological polar surface area (TPSA) is 70.7 Å². The van der Waals surface area contributed by atoms with Gasteiger partial charge in [0.1, 0.15) is 10.2 Å². The molecule has 1 aromatic heterocycles. The third-order valence-electron chi connectivity index (χ3n) is 3.08. The van der Waals surface area contributed by atoms with Crippen LogP contribution in [0.2, 0.25) is 10.2 Å². The molecule has 0 saturated heterocycles. The van der Waals surface area contributed by atoms with Crippen molar-refractivity contribution in [3.05, 3.63) is 51.3 Å². The van der Waals surface area contributed by atoms with Gasteiger partial charge in [-0.1, -0.05) is 29.3 Å². The lowest BCUT2D eigenvalue weighted by Crippen LogP contribution is -2.25. The van der Waals surface area contributed by atoms with E-state index in [2.05, 4.69) is 10.4 Å². The lowest BCUT2D eigenvalue weighted by atomic mass is 10.1.